The van der Waals surface area contributed by atoms with Crippen LogP contribution >= 0.6 is 0 Å². The average Bonchev–Trinajstić information content (AvgIpc) is 1.95. The third-order valence-electron chi connectivity index (χ3n) is 3.01. The minimum absolute atomic E-state index is 0.0872. The fourth-order valence-corrected chi connectivity index (χ4v) is 2.20. The van der Waals surface area contributed by atoms with Gasteiger partial charge in [-0.05, 0) is 30.6 Å². The standard InChI is InChI=1S/C10H19NO2/c1-10(2)4-3-8(11)7(6-10)5-9(12)13/h7-8H,3-6,11H2,1-2H3,(H,12,13). The van der Waals surface area contributed by atoms with E-state index in [0.29, 0.717) is 0 Å². The van der Waals surface area contributed by atoms with E-state index in [4.69, 9.17) is 10.8 Å². The molecule has 0 aromatic carbocycles. The number of rotatable bonds is 2. The highest BCUT2D eigenvalue weighted by molar-refractivity contribution is 5.67. The highest BCUT2D eigenvalue weighted by Gasteiger charge is 2.33. The maximum Gasteiger partial charge on any atom is 0.303 e. The molecule has 0 spiro atoms. The van der Waals surface area contributed by atoms with E-state index in [1.807, 2.05) is 0 Å². The largest absolute Gasteiger partial charge is 0.481 e. The SMILES string of the molecule is CC1(C)CCC(N)C(CC(=O)O)C1. The van der Waals surface area contributed by atoms with Crippen LogP contribution in [0.5, 0.6) is 0 Å². The summed E-state index contributed by atoms with van der Waals surface area (Å²) in [5, 5.41) is 8.70. The second-order valence-electron chi connectivity index (χ2n) is 4.93. The van der Waals surface area contributed by atoms with E-state index in [-0.39, 0.29) is 23.8 Å². The van der Waals surface area contributed by atoms with Crippen LogP contribution in [0.25, 0.3) is 0 Å². The lowest BCUT2D eigenvalue weighted by Crippen LogP contribution is -2.40. The molecule has 2 unspecified atom stereocenters. The fourth-order valence-electron chi connectivity index (χ4n) is 2.20. The summed E-state index contributed by atoms with van der Waals surface area (Å²) in [6.07, 6.45) is 3.25. The van der Waals surface area contributed by atoms with Crippen LogP contribution < -0.4 is 5.73 Å². The Hall–Kier alpha value is -0.570. The van der Waals surface area contributed by atoms with Gasteiger partial charge in [-0.3, -0.25) is 4.79 Å². The normalized spacial score (nSPS) is 32.8. The Morgan fingerprint density at radius 3 is 2.77 bits per heavy atom. The molecule has 1 aliphatic carbocycles. The van der Waals surface area contributed by atoms with Crippen LogP contribution in [-0.4, -0.2) is 17.1 Å². The minimum Gasteiger partial charge on any atom is -0.481 e. The maximum absolute atomic E-state index is 10.6. The lowest BCUT2D eigenvalue weighted by Gasteiger charge is -2.38. The highest BCUT2D eigenvalue weighted by Crippen LogP contribution is 2.39. The van der Waals surface area contributed by atoms with Crippen molar-refractivity contribution in [3.63, 3.8) is 0 Å². The Bertz CT molecular complexity index is 201. The molecule has 1 fully saturated rings. The van der Waals surface area contributed by atoms with Gasteiger partial charge in [0, 0.05) is 12.5 Å². The topological polar surface area (TPSA) is 63.3 Å². The highest BCUT2D eigenvalue weighted by atomic mass is 16.4. The van der Waals surface area contributed by atoms with Gasteiger partial charge in [0.2, 0.25) is 0 Å². The quantitative estimate of drug-likeness (QED) is 0.687. The second kappa shape index (κ2) is 3.66. The van der Waals surface area contributed by atoms with Crippen molar-refractivity contribution in [2.45, 2.75) is 45.6 Å². The van der Waals surface area contributed by atoms with Crippen LogP contribution in [0.3, 0.4) is 0 Å². The van der Waals surface area contributed by atoms with Crippen molar-refractivity contribution in [3.8, 4) is 0 Å². The maximum atomic E-state index is 10.6. The van der Waals surface area contributed by atoms with Crippen LogP contribution in [0.2, 0.25) is 0 Å². The number of nitrogens with two attached hydrogens (primary N) is 1. The van der Waals surface area contributed by atoms with Crippen LogP contribution in [0.15, 0.2) is 0 Å². The molecular weight excluding hydrogens is 166 g/mol. The Kier molecular flexibility index (Phi) is 2.96. The van der Waals surface area contributed by atoms with Gasteiger partial charge >= 0.3 is 5.97 Å². The van der Waals surface area contributed by atoms with Gasteiger partial charge in [-0.2, -0.15) is 0 Å². The summed E-state index contributed by atoms with van der Waals surface area (Å²) in [7, 11) is 0. The molecule has 0 aliphatic heterocycles. The van der Waals surface area contributed by atoms with Gasteiger partial charge in [-0.15, -0.1) is 0 Å². The average molecular weight is 185 g/mol. The van der Waals surface area contributed by atoms with Crippen molar-refractivity contribution in [1.82, 2.24) is 0 Å². The summed E-state index contributed by atoms with van der Waals surface area (Å²) in [4.78, 5) is 10.6. The Morgan fingerprint density at radius 1 is 1.62 bits per heavy atom. The summed E-state index contributed by atoms with van der Waals surface area (Å²) in [5.41, 5.74) is 6.16. The van der Waals surface area contributed by atoms with E-state index in [9.17, 15) is 4.79 Å². The van der Waals surface area contributed by atoms with Crippen molar-refractivity contribution in [2.75, 3.05) is 0 Å². The van der Waals surface area contributed by atoms with Crippen molar-refractivity contribution in [1.29, 1.82) is 0 Å². The molecule has 13 heavy (non-hydrogen) atoms. The van der Waals surface area contributed by atoms with Crippen molar-refractivity contribution in [2.24, 2.45) is 17.1 Å². The monoisotopic (exact) mass is 185 g/mol. The van der Waals surface area contributed by atoms with Crippen LogP contribution in [0, 0.1) is 11.3 Å². The van der Waals surface area contributed by atoms with Gasteiger partial charge < -0.3 is 10.8 Å². The van der Waals surface area contributed by atoms with E-state index in [0.717, 1.165) is 19.3 Å². The Labute approximate surface area is 79.3 Å². The smallest absolute Gasteiger partial charge is 0.303 e. The molecule has 0 aromatic rings. The lowest BCUT2D eigenvalue weighted by molar-refractivity contribution is -0.138. The third kappa shape index (κ3) is 2.99. The van der Waals surface area contributed by atoms with E-state index in [1.165, 1.54) is 0 Å². The van der Waals surface area contributed by atoms with Gasteiger partial charge in [-0.1, -0.05) is 13.8 Å². The van der Waals surface area contributed by atoms with Crippen LogP contribution in [0.4, 0.5) is 0 Å². The molecule has 3 N–H and O–H groups in total. The van der Waals surface area contributed by atoms with Crippen LogP contribution in [-0.2, 0) is 4.79 Å². The minimum atomic E-state index is -0.724. The van der Waals surface area contributed by atoms with Crippen LogP contribution in [0.1, 0.15) is 39.5 Å². The molecule has 0 aromatic heterocycles. The van der Waals surface area contributed by atoms with Gasteiger partial charge in [0.15, 0.2) is 0 Å². The van der Waals surface area contributed by atoms with Gasteiger partial charge in [0.05, 0.1) is 0 Å². The summed E-state index contributed by atoms with van der Waals surface area (Å²) in [6, 6.07) is 0.0872. The first-order valence-corrected chi connectivity index (χ1v) is 4.88. The molecule has 0 heterocycles. The van der Waals surface area contributed by atoms with Crippen molar-refractivity contribution >= 4 is 5.97 Å². The first-order valence-electron chi connectivity index (χ1n) is 4.88. The molecular formula is C10H19NO2. The van der Waals surface area contributed by atoms with E-state index in [2.05, 4.69) is 13.8 Å². The van der Waals surface area contributed by atoms with Gasteiger partial charge in [0.25, 0.3) is 0 Å². The fraction of sp³-hybridized carbons (Fsp3) is 0.900. The molecule has 0 saturated heterocycles. The number of carboxylic acids is 1. The molecule has 76 valence electrons. The first-order chi connectivity index (χ1) is 5.91. The molecule has 2 atom stereocenters. The lowest BCUT2D eigenvalue weighted by atomic mass is 9.69. The first kappa shape index (κ1) is 10.5. The number of hydrogen-bond donors (Lipinski definition) is 2. The zero-order valence-corrected chi connectivity index (χ0v) is 8.42. The molecule has 3 heteroatoms. The zero-order valence-electron chi connectivity index (χ0n) is 8.42. The molecule has 1 aliphatic rings. The molecule has 0 amide bonds. The van der Waals surface area contributed by atoms with E-state index in [1.54, 1.807) is 0 Å². The molecule has 3 nitrogen and oxygen atoms in total. The summed E-state index contributed by atoms with van der Waals surface area (Å²) in [6.45, 7) is 4.38. The Morgan fingerprint density at radius 2 is 2.23 bits per heavy atom. The molecule has 1 saturated carbocycles. The van der Waals surface area contributed by atoms with E-state index >= 15 is 0 Å². The second-order valence-corrected chi connectivity index (χ2v) is 4.93. The predicted molar refractivity (Wildman–Crippen MR) is 51.4 cm³/mol. The summed E-state index contributed by atoms with van der Waals surface area (Å²) < 4.78 is 0. The van der Waals surface area contributed by atoms with Crippen molar-refractivity contribution in [3.05, 3.63) is 0 Å². The predicted octanol–water partition coefficient (Wildman–Crippen LogP) is 1.61. The molecule has 0 bridgehead atoms. The van der Waals surface area contributed by atoms with Crippen molar-refractivity contribution < 1.29 is 9.90 Å². The summed E-state index contributed by atoms with van der Waals surface area (Å²) >= 11 is 0. The Balaban J connectivity index is 2.55. The third-order valence-corrected chi connectivity index (χ3v) is 3.01. The number of carbonyl (C=O) groups is 1. The number of hydrogen-bond acceptors (Lipinski definition) is 2. The van der Waals surface area contributed by atoms with E-state index < -0.39 is 5.97 Å². The summed E-state index contributed by atoms with van der Waals surface area (Å²) in [5.74, 6) is -0.556. The number of aliphatic carboxylic acids is 1. The zero-order chi connectivity index (χ0) is 10.1. The molecule has 1 rings (SSSR count). The molecule has 0 radical (unpaired) electrons. The van der Waals surface area contributed by atoms with Gasteiger partial charge in [0.1, 0.15) is 0 Å². The number of carboxylic acid groups (broad SMARTS) is 1. The van der Waals surface area contributed by atoms with Gasteiger partial charge in [-0.25, -0.2) is 0 Å².